The molecule has 0 aliphatic rings. The summed E-state index contributed by atoms with van der Waals surface area (Å²) in [6, 6.07) is 13.6. The van der Waals surface area contributed by atoms with Crippen LogP contribution in [0, 0.1) is 0 Å². The molecule has 0 aromatic heterocycles. The topological polar surface area (TPSA) is 107 Å². The van der Waals surface area contributed by atoms with Crippen molar-refractivity contribution in [3.63, 3.8) is 0 Å². The smallest absolute Gasteiger partial charge is 0.252 e. The lowest BCUT2D eigenvalue weighted by Gasteiger charge is -2.10. The summed E-state index contributed by atoms with van der Waals surface area (Å²) in [5.41, 5.74) is 12.3. The number of carbonyl (C=O) groups is 2. The van der Waals surface area contributed by atoms with Crippen LogP contribution in [0.5, 0.6) is 5.75 Å². The minimum absolute atomic E-state index is 0.126. The lowest BCUT2D eigenvalue weighted by molar-refractivity contribution is -0.116. The van der Waals surface area contributed by atoms with Gasteiger partial charge in [-0.1, -0.05) is 24.3 Å². The summed E-state index contributed by atoms with van der Waals surface area (Å²) < 4.78 is 5.44. The number of anilines is 2. The molecule has 2 amide bonds. The summed E-state index contributed by atoms with van der Waals surface area (Å²) in [6.45, 7) is 0.128. The number of nitrogens with one attached hydrogen (secondary N) is 1. The molecule has 0 radical (unpaired) electrons. The molecule has 0 saturated heterocycles. The zero-order valence-corrected chi connectivity index (χ0v) is 11.9. The van der Waals surface area contributed by atoms with Gasteiger partial charge in [0.2, 0.25) is 5.91 Å². The van der Waals surface area contributed by atoms with E-state index < -0.39 is 5.91 Å². The van der Waals surface area contributed by atoms with Crippen molar-refractivity contribution in [2.75, 3.05) is 17.7 Å². The highest BCUT2D eigenvalue weighted by molar-refractivity contribution is 5.95. The van der Waals surface area contributed by atoms with Crippen LogP contribution in [0.25, 0.3) is 0 Å². The van der Waals surface area contributed by atoms with Crippen molar-refractivity contribution in [3.8, 4) is 5.75 Å². The maximum atomic E-state index is 11.8. The minimum atomic E-state index is -0.572. The molecule has 0 aliphatic carbocycles. The SMILES string of the molecule is NC(=O)c1ccccc1OCCC(=O)Nc1ccccc1N. The number of amides is 2. The highest BCUT2D eigenvalue weighted by atomic mass is 16.5. The summed E-state index contributed by atoms with van der Waals surface area (Å²) in [5.74, 6) is -0.436. The standard InChI is InChI=1S/C16H17N3O3/c17-12-6-2-3-7-13(12)19-15(20)9-10-22-14-8-4-1-5-11(14)16(18)21/h1-8H,9-10,17H2,(H2,18,21)(H,19,20). The normalized spacial score (nSPS) is 10.0. The summed E-state index contributed by atoms with van der Waals surface area (Å²) in [6.07, 6.45) is 0.126. The molecule has 5 N–H and O–H groups in total. The van der Waals surface area contributed by atoms with Gasteiger partial charge >= 0.3 is 0 Å². The maximum absolute atomic E-state index is 11.8. The number of ether oxygens (including phenoxy) is 1. The second kappa shape index (κ2) is 7.12. The van der Waals surface area contributed by atoms with E-state index in [-0.39, 0.29) is 24.5 Å². The van der Waals surface area contributed by atoms with Crippen molar-refractivity contribution in [1.82, 2.24) is 0 Å². The van der Waals surface area contributed by atoms with Crippen LogP contribution in [-0.4, -0.2) is 18.4 Å². The molecule has 0 spiro atoms. The number of benzene rings is 2. The Labute approximate surface area is 128 Å². The van der Waals surface area contributed by atoms with Gasteiger partial charge in [0, 0.05) is 0 Å². The molecule has 0 heterocycles. The molecular weight excluding hydrogens is 282 g/mol. The Hall–Kier alpha value is -3.02. The fourth-order valence-electron chi connectivity index (χ4n) is 1.87. The van der Waals surface area contributed by atoms with Crippen molar-refractivity contribution in [3.05, 3.63) is 54.1 Å². The van der Waals surface area contributed by atoms with Gasteiger partial charge in [-0.2, -0.15) is 0 Å². The number of rotatable bonds is 6. The number of primary amides is 1. The van der Waals surface area contributed by atoms with Gasteiger partial charge < -0.3 is 21.5 Å². The Morgan fingerprint density at radius 1 is 1.05 bits per heavy atom. The number of hydrogen-bond acceptors (Lipinski definition) is 4. The zero-order valence-electron chi connectivity index (χ0n) is 11.9. The predicted octanol–water partition coefficient (Wildman–Crippen LogP) is 1.78. The first kappa shape index (κ1) is 15.4. The molecule has 6 heteroatoms. The first-order valence-corrected chi connectivity index (χ1v) is 6.74. The summed E-state index contributed by atoms with van der Waals surface area (Å²) in [7, 11) is 0. The van der Waals surface area contributed by atoms with Gasteiger partial charge in [-0.3, -0.25) is 9.59 Å². The van der Waals surface area contributed by atoms with Gasteiger partial charge in [-0.05, 0) is 24.3 Å². The van der Waals surface area contributed by atoms with Gasteiger partial charge in [0.05, 0.1) is 30.0 Å². The first-order valence-electron chi connectivity index (χ1n) is 6.74. The Kier molecular flexibility index (Phi) is 4.98. The Balaban J connectivity index is 1.88. The molecule has 22 heavy (non-hydrogen) atoms. The average Bonchev–Trinajstić information content (AvgIpc) is 2.50. The predicted molar refractivity (Wildman–Crippen MR) is 84.6 cm³/mol. The fourth-order valence-corrected chi connectivity index (χ4v) is 1.87. The third kappa shape index (κ3) is 3.99. The van der Waals surface area contributed by atoms with Crippen LogP contribution < -0.4 is 21.5 Å². The van der Waals surface area contributed by atoms with Crippen molar-refractivity contribution >= 4 is 23.2 Å². The number of nitrogens with two attached hydrogens (primary N) is 2. The summed E-state index contributed by atoms with van der Waals surface area (Å²) in [4.78, 5) is 23.1. The number of hydrogen-bond donors (Lipinski definition) is 3. The molecule has 0 atom stereocenters. The van der Waals surface area contributed by atoms with Gasteiger partial charge in [-0.15, -0.1) is 0 Å². The van der Waals surface area contributed by atoms with Crippen molar-refractivity contribution in [2.24, 2.45) is 5.73 Å². The molecule has 0 bridgehead atoms. The molecule has 2 rings (SSSR count). The lowest BCUT2D eigenvalue weighted by atomic mass is 10.2. The molecular formula is C16H17N3O3. The monoisotopic (exact) mass is 299 g/mol. The van der Waals surface area contributed by atoms with Crippen LogP contribution in [0.2, 0.25) is 0 Å². The van der Waals surface area contributed by atoms with Gasteiger partial charge in [0.25, 0.3) is 5.91 Å². The highest BCUT2D eigenvalue weighted by Gasteiger charge is 2.09. The lowest BCUT2D eigenvalue weighted by Crippen LogP contribution is -2.17. The molecule has 0 unspecified atom stereocenters. The number of carbonyl (C=O) groups excluding carboxylic acids is 2. The van der Waals surface area contributed by atoms with E-state index >= 15 is 0 Å². The summed E-state index contributed by atoms with van der Waals surface area (Å²) in [5, 5.41) is 2.70. The highest BCUT2D eigenvalue weighted by Crippen LogP contribution is 2.18. The third-order valence-corrected chi connectivity index (χ3v) is 2.97. The van der Waals surface area contributed by atoms with Crippen LogP contribution in [0.4, 0.5) is 11.4 Å². The molecule has 6 nitrogen and oxygen atoms in total. The van der Waals surface area contributed by atoms with E-state index in [0.29, 0.717) is 17.1 Å². The van der Waals surface area contributed by atoms with Crippen molar-refractivity contribution in [2.45, 2.75) is 6.42 Å². The molecule has 114 valence electrons. The van der Waals surface area contributed by atoms with Crippen LogP contribution in [0.3, 0.4) is 0 Å². The first-order chi connectivity index (χ1) is 10.6. The summed E-state index contributed by atoms with van der Waals surface area (Å²) >= 11 is 0. The largest absolute Gasteiger partial charge is 0.492 e. The molecule has 0 fully saturated rings. The van der Waals surface area contributed by atoms with E-state index in [1.165, 1.54) is 0 Å². The molecule has 2 aromatic carbocycles. The van der Waals surface area contributed by atoms with Crippen molar-refractivity contribution < 1.29 is 14.3 Å². The maximum Gasteiger partial charge on any atom is 0.252 e. The third-order valence-electron chi connectivity index (χ3n) is 2.97. The van der Waals surface area contributed by atoms with Crippen LogP contribution in [0.15, 0.2) is 48.5 Å². The van der Waals surface area contributed by atoms with E-state index in [1.807, 2.05) is 0 Å². The van der Waals surface area contributed by atoms with Gasteiger partial charge in [0.15, 0.2) is 0 Å². The van der Waals surface area contributed by atoms with E-state index in [4.69, 9.17) is 16.2 Å². The Morgan fingerprint density at radius 3 is 2.45 bits per heavy atom. The Bertz CT molecular complexity index is 686. The number of nitrogen functional groups attached to an aromatic ring is 1. The molecule has 2 aromatic rings. The van der Waals surface area contributed by atoms with Crippen molar-refractivity contribution in [1.29, 1.82) is 0 Å². The Morgan fingerprint density at radius 2 is 1.73 bits per heavy atom. The van der Waals surface area contributed by atoms with Gasteiger partial charge in [0.1, 0.15) is 5.75 Å². The van der Waals surface area contributed by atoms with Gasteiger partial charge in [-0.25, -0.2) is 0 Å². The second-order valence-corrected chi connectivity index (χ2v) is 4.59. The molecule has 0 saturated carbocycles. The average molecular weight is 299 g/mol. The van der Waals surface area contributed by atoms with Crippen LogP contribution >= 0.6 is 0 Å². The van der Waals surface area contributed by atoms with E-state index in [2.05, 4.69) is 5.32 Å². The van der Waals surface area contributed by atoms with Crippen LogP contribution in [-0.2, 0) is 4.79 Å². The number of para-hydroxylation sites is 3. The van der Waals surface area contributed by atoms with Crippen LogP contribution in [0.1, 0.15) is 16.8 Å². The fraction of sp³-hybridized carbons (Fsp3) is 0.125. The minimum Gasteiger partial charge on any atom is -0.492 e. The zero-order chi connectivity index (χ0) is 15.9. The second-order valence-electron chi connectivity index (χ2n) is 4.59. The molecule has 0 aliphatic heterocycles. The van der Waals surface area contributed by atoms with E-state index in [0.717, 1.165) is 0 Å². The van der Waals surface area contributed by atoms with E-state index in [1.54, 1.807) is 48.5 Å². The quantitative estimate of drug-likeness (QED) is 0.706. The van der Waals surface area contributed by atoms with E-state index in [9.17, 15) is 9.59 Å².